The van der Waals surface area contributed by atoms with Crippen LogP contribution in [0.4, 0.5) is 0 Å². The Bertz CT molecular complexity index is 967. The van der Waals surface area contributed by atoms with Crippen molar-refractivity contribution in [2.75, 3.05) is 0 Å². The van der Waals surface area contributed by atoms with Crippen LogP contribution in [0.3, 0.4) is 0 Å². The standard InChI is InChI=1S/C16H12BN3O2/c21-17(22)16-18-10-14-15(19-16)12-8-4-5-9-13(12)20(14)11-6-2-1-3-7-11/h1-10,21-22H. The van der Waals surface area contributed by atoms with Gasteiger partial charge in [-0.15, -0.1) is 0 Å². The fourth-order valence-corrected chi connectivity index (χ4v) is 2.73. The van der Waals surface area contributed by atoms with Gasteiger partial charge in [0, 0.05) is 11.1 Å². The Hall–Kier alpha value is -2.70. The summed E-state index contributed by atoms with van der Waals surface area (Å²) >= 11 is 0. The van der Waals surface area contributed by atoms with Crippen molar-refractivity contribution in [3.05, 3.63) is 60.8 Å². The molecule has 0 aliphatic carbocycles. The molecule has 0 amide bonds. The monoisotopic (exact) mass is 289 g/mol. The highest BCUT2D eigenvalue weighted by Gasteiger charge is 2.19. The molecule has 2 aromatic heterocycles. The third kappa shape index (κ3) is 1.89. The highest BCUT2D eigenvalue weighted by molar-refractivity contribution is 6.56. The average molecular weight is 289 g/mol. The van der Waals surface area contributed by atoms with Gasteiger partial charge in [0.05, 0.1) is 22.7 Å². The van der Waals surface area contributed by atoms with Gasteiger partial charge in [-0.25, -0.2) is 9.97 Å². The predicted molar refractivity (Wildman–Crippen MR) is 86.2 cm³/mol. The van der Waals surface area contributed by atoms with Gasteiger partial charge >= 0.3 is 7.12 Å². The van der Waals surface area contributed by atoms with Gasteiger partial charge in [-0.1, -0.05) is 36.4 Å². The second-order valence-electron chi connectivity index (χ2n) is 5.02. The number of para-hydroxylation sites is 2. The second-order valence-corrected chi connectivity index (χ2v) is 5.02. The van der Waals surface area contributed by atoms with Crippen LogP contribution in [-0.4, -0.2) is 31.7 Å². The lowest BCUT2D eigenvalue weighted by Gasteiger charge is -2.06. The first-order chi connectivity index (χ1) is 10.8. The van der Waals surface area contributed by atoms with Crippen molar-refractivity contribution < 1.29 is 10.0 Å². The largest absolute Gasteiger partial charge is 0.528 e. The summed E-state index contributed by atoms with van der Waals surface area (Å²) in [5.41, 5.74) is 3.55. The minimum atomic E-state index is -1.68. The molecule has 0 aliphatic heterocycles. The first-order valence-corrected chi connectivity index (χ1v) is 6.93. The zero-order chi connectivity index (χ0) is 15.1. The lowest BCUT2D eigenvalue weighted by molar-refractivity contribution is 0.422. The summed E-state index contributed by atoms with van der Waals surface area (Å²) in [6, 6.07) is 17.8. The number of rotatable bonds is 2. The average Bonchev–Trinajstić information content (AvgIpc) is 2.89. The van der Waals surface area contributed by atoms with E-state index < -0.39 is 7.12 Å². The summed E-state index contributed by atoms with van der Waals surface area (Å²) in [5.74, 6) is 0. The maximum absolute atomic E-state index is 9.30. The lowest BCUT2D eigenvalue weighted by atomic mass is 9.91. The molecule has 0 atom stereocenters. The number of hydrogen-bond acceptors (Lipinski definition) is 4. The topological polar surface area (TPSA) is 71.2 Å². The summed E-state index contributed by atoms with van der Waals surface area (Å²) in [6.45, 7) is 0. The molecule has 5 nitrogen and oxygen atoms in total. The van der Waals surface area contributed by atoms with E-state index in [0.29, 0.717) is 5.52 Å². The quantitative estimate of drug-likeness (QED) is 0.545. The zero-order valence-corrected chi connectivity index (χ0v) is 11.6. The summed E-state index contributed by atoms with van der Waals surface area (Å²) in [6.07, 6.45) is 1.63. The molecule has 2 aromatic carbocycles. The van der Waals surface area contributed by atoms with Crippen LogP contribution in [0.15, 0.2) is 60.8 Å². The number of aromatic nitrogens is 3. The third-order valence-corrected chi connectivity index (χ3v) is 3.67. The Labute approximate surface area is 126 Å². The summed E-state index contributed by atoms with van der Waals surface area (Å²) in [5, 5.41) is 19.6. The molecule has 106 valence electrons. The smallest absolute Gasteiger partial charge is 0.421 e. The minimum Gasteiger partial charge on any atom is -0.421 e. The molecule has 2 heterocycles. The Kier molecular flexibility index (Phi) is 2.92. The normalized spacial score (nSPS) is 11.2. The fraction of sp³-hybridized carbons (Fsp3) is 0. The fourth-order valence-electron chi connectivity index (χ4n) is 2.73. The van der Waals surface area contributed by atoms with Crippen LogP contribution in [0.2, 0.25) is 0 Å². The molecule has 4 aromatic rings. The Morgan fingerprint density at radius 3 is 2.36 bits per heavy atom. The maximum atomic E-state index is 9.30. The maximum Gasteiger partial charge on any atom is 0.528 e. The van der Waals surface area contributed by atoms with Crippen LogP contribution >= 0.6 is 0 Å². The van der Waals surface area contributed by atoms with E-state index in [0.717, 1.165) is 22.1 Å². The highest BCUT2D eigenvalue weighted by atomic mass is 16.4. The number of hydrogen-bond donors (Lipinski definition) is 2. The third-order valence-electron chi connectivity index (χ3n) is 3.67. The van der Waals surface area contributed by atoms with Gasteiger partial charge in [0.2, 0.25) is 0 Å². The van der Waals surface area contributed by atoms with Crippen LogP contribution in [0.5, 0.6) is 0 Å². The molecule has 0 spiro atoms. The van der Waals surface area contributed by atoms with Crippen LogP contribution in [0.1, 0.15) is 0 Å². The van der Waals surface area contributed by atoms with Crippen molar-refractivity contribution in [1.82, 2.24) is 14.5 Å². The Morgan fingerprint density at radius 2 is 1.59 bits per heavy atom. The van der Waals surface area contributed by atoms with E-state index in [2.05, 4.69) is 14.5 Å². The second kappa shape index (κ2) is 4.94. The van der Waals surface area contributed by atoms with E-state index in [1.165, 1.54) is 0 Å². The van der Waals surface area contributed by atoms with Crippen molar-refractivity contribution >= 4 is 34.8 Å². The van der Waals surface area contributed by atoms with Crippen molar-refractivity contribution in [2.45, 2.75) is 0 Å². The summed E-state index contributed by atoms with van der Waals surface area (Å²) < 4.78 is 2.07. The van der Waals surface area contributed by atoms with Gasteiger partial charge in [-0.2, -0.15) is 0 Å². The van der Waals surface area contributed by atoms with Crippen molar-refractivity contribution in [3.63, 3.8) is 0 Å². The number of nitrogens with zero attached hydrogens (tertiary/aromatic N) is 3. The summed E-state index contributed by atoms with van der Waals surface area (Å²) in [4.78, 5) is 8.37. The number of benzene rings is 2. The molecule has 0 aliphatic rings. The van der Waals surface area contributed by atoms with E-state index in [-0.39, 0.29) is 5.72 Å². The van der Waals surface area contributed by atoms with Gasteiger partial charge in [-0.3, -0.25) is 0 Å². The van der Waals surface area contributed by atoms with Crippen molar-refractivity contribution in [2.24, 2.45) is 0 Å². The molecule has 0 fully saturated rings. The van der Waals surface area contributed by atoms with Gasteiger partial charge in [0.25, 0.3) is 0 Å². The Morgan fingerprint density at radius 1 is 0.864 bits per heavy atom. The first kappa shape index (κ1) is 13.0. The number of fused-ring (bicyclic) bond motifs is 3. The Balaban J connectivity index is 2.14. The van der Waals surface area contributed by atoms with E-state index in [9.17, 15) is 10.0 Å². The molecule has 4 rings (SSSR count). The molecule has 6 heteroatoms. The SMILES string of the molecule is OB(O)c1ncc2c(n1)c1ccccc1n2-c1ccccc1. The van der Waals surface area contributed by atoms with Crippen LogP contribution in [0.25, 0.3) is 27.6 Å². The summed E-state index contributed by atoms with van der Waals surface area (Å²) in [7, 11) is -1.68. The van der Waals surface area contributed by atoms with Gasteiger partial charge in [-0.05, 0) is 18.2 Å². The van der Waals surface area contributed by atoms with Crippen LogP contribution in [0, 0.1) is 0 Å². The van der Waals surface area contributed by atoms with Gasteiger partial charge in [0.1, 0.15) is 0 Å². The van der Waals surface area contributed by atoms with E-state index in [4.69, 9.17) is 0 Å². The molecule has 0 unspecified atom stereocenters. The lowest BCUT2D eigenvalue weighted by Crippen LogP contribution is -2.35. The molecule has 0 radical (unpaired) electrons. The van der Waals surface area contributed by atoms with E-state index >= 15 is 0 Å². The minimum absolute atomic E-state index is 0.00321. The molecule has 0 saturated heterocycles. The van der Waals surface area contributed by atoms with Gasteiger partial charge < -0.3 is 14.6 Å². The predicted octanol–water partition coefficient (Wildman–Crippen LogP) is 1.25. The van der Waals surface area contributed by atoms with E-state index in [1.807, 2.05) is 54.6 Å². The van der Waals surface area contributed by atoms with Gasteiger partial charge in [0.15, 0.2) is 5.72 Å². The first-order valence-electron chi connectivity index (χ1n) is 6.93. The van der Waals surface area contributed by atoms with E-state index in [1.54, 1.807) is 6.20 Å². The molecule has 0 saturated carbocycles. The molecule has 2 N–H and O–H groups in total. The zero-order valence-electron chi connectivity index (χ0n) is 11.6. The highest BCUT2D eigenvalue weighted by Crippen LogP contribution is 2.29. The van der Waals surface area contributed by atoms with Crippen LogP contribution in [-0.2, 0) is 0 Å². The van der Waals surface area contributed by atoms with Crippen LogP contribution < -0.4 is 5.72 Å². The van der Waals surface area contributed by atoms with Crippen molar-refractivity contribution in [1.29, 1.82) is 0 Å². The molecular weight excluding hydrogens is 277 g/mol. The molecular formula is C16H12BN3O2. The van der Waals surface area contributed by atoms with Crippen molar-refractivity contribution in [3.8, 4) is 5.69 Å². The molecule has 0 bridgehead atoms. The molecule has 22 heavy (non-hydrogen) atoms.